The molecule has 0 heterocycles. The lowest BCUT2D eigenvalue weighted by molar-refractivity contribution is 0.102. The largest absolute Gasteiger partial charge is 0.496 e. The first kappa shape index (κ1) is 19.8. The molecule has 0 spiro atoms. The highest BCUT2D eigenvalue weighted by Gasteiger charge is 2.12. The molecule has 0 aliphatic carbocycles. The molecule has 0 aromatic heterocycles. The van der Waals surface area contributed by atoms with Crippen LogP contribution in [0.2, 0.25) is 5.02 Å². The number of halogens is 1. The summed E-state index contributed by atoms with van der Waals surface area (Å²) in [4.78, 5) is 12.7. The Morgan fingerprint density at radius 3 is 2.50 bits per heavy atom. The number of benzene rings is 3. The van der Waals surface area contributed by atoms with Crippen molar-refractivity contribution in [2.45, 2.75) is 20.5 Å². The van der Waals surface area contributed by atoms with Crippen LogP contribution < -0.4 is 14.8 Å². The zero-order chi connectivity index (χ0) is 20.1. The molecule has 0 atom stereocenters. The summed E-state index contributed by atoms with van der Waals surface area (Å²) < 4.78 is 11.2. The molecule has 3 rings (SSSR count). The van der Waals surface area contributed by atoms with E-state index in [2.05, 4.69) is 5.32 Å². The van der Waals surface area contributed by atoms with Crippen LogP contribution in [0.4, 0.5) is 5.69 Å². The molecule has 3 aromatic rings. The number of anilines is 1. The van der Waals surface area contributed by atoms with Crippen molar-refractivity contribution in [2.75, 3.05) is 12.4 Å². The van der Waals surface area contributed by atoms with Gasteiger partial charge in [0.2, 0.25) is 0 Å². The first-order valence-corrected chi connectivity index (χ1v) is 9.28. The third kappa shape index (κ3) is 4.65. The molecule has 1 N–H and O–H groups in total. The Bertz CT molecular complexity index is 984. The predicted octanol–water partition coefficient (Wildman–Crippen LogP) is 5.80. The number of nitrogens with one attached hydrogen (secondary N) is 1. The second-order valence-electron chi connectivity index (χ2n) is 6.47. The van der Waals surface area contributed by atoms with E-state index in [1.807, 2.05) is 32.0 Å². The minimum atomic E-state index is -0.177. The Hall–Kier alpha value is -2.98. The van der Waals surface area contributed by atoms with Crippen molar-refractivity contribution in [3.8, 4) is 11.5 Å². The van der Waals surface area contributed by atoms with Crippen molar-refractivity contribution >= 4 is 23.2 Å². The Kier molecular flexibility index (Phi) is 6.22. The van der Waals surface area contributed by atoms with Crippen LogP contribution in [0.3, 0.4) is 0 Å². The lowest BCUT2D eigenvalue weighted by Crippen LogP contribution is -2.14. The summed E-state index contributed by atoms with van der Waals surface area (Å²) in [6, 6.07) is 18.3. The zero-order valence-electron chi connectivity index (χ0n) is 16.1. The van der Waals surface area contributed by atoms with Crippen LogP contribution in [0, 0.1) is 13.8 Å². The second kappa shape index (κ2) is 8.81. The van der Waals surface area contributed by atoms with Gasteiger partial charge in [-0.05, 0) is 73.5 Å². The van der Waals surface area contributed by atoms with Gasteiger partial charge in [0.15, 0.2) is 0 Å². The van der Waals surface area contributed by atoms with Gasteiger partial charge in [0.1, 0.15) is 18.1 Å². The van der Waals surface area contributed by atoms with Crippen LogP contribution in [-0.4, -0.2) is 13.0 Å². The van der Waals surface area contributed by atoms with Crippen molar-refractivity contribution in [2.24, 2.45) is 0 Å². The van der Waals surface area contributed by atoms with Crippen molar-refractivity contribution < 1.29 is 14.3 Å². The van der Waals surface area contributed by atoms with Gasteiger partial charge in [-0.1, -0.05) is 23.7 Å². The summed E-state index contributed by atoms with van der Waals surface area (Å²) >= 11 is 5.90. The van der Waals surface area contributed by atoms with Crippen LogP contribution in [0.25, 0.3) is 0 Å². The van der Waals surface area contributed by atoms with Gasteiger partial charge in [-0.2, -0.15) is 0 Å². The quantitative estimate of drug-likeness (QED) is 0.574. The third-order valence-corrected chi connectivity index (χ3v) is 4.86. The van der Waals surface area contributed by atoms with Crippen LogP contribution in [-0.2, 0) is 6.61 Å². The molecule has 0 radical (unpaired) electrons. The molecule has 0 unspecified atom stereocenters. The highest BCUT2D eigenvalue weighted by Crippen LogP contribution is 2.24. The van der Waals surface area contributed by atoms with Gasteiger partial charge in [-0.3, -0.25) is 4.79 Å². The number of ether oxygens (including phenoxy) is 2. The molecule has 28 heavy (non-hydrogen) atoms. The summed E-state index contributed by atoms with van der Waals surface area (Å²) in [5, 5.41) is 3.62. The minimum Gasteiger partial charge on any atom is -0.496 e. The van der Waals surface area contributed by atoms with Crippen LogP contribution in [0.15, 0.2) is 60.7 Å². The molecule has 3 aromatic carbocycles. The maximum Gasteiger partial charge on any atom is 0.255 e. The highest BCUT2D eigenvalue weighted by molar-refractivity contribution is 6.30. The van der Waals surface area contributed by atoms with E-state index in [4.69, 9.17) is 21.1 Å². The summed E-state index contributed by atoms with van der Waals surface area (Å²) in [7, 11) is 1.59. The molecule has 1 amide bonds. The fraction of sp³-hybridized carbons (Fsp3) is 0.174. The van der Waals surface area contributed by atoms with E-state index in [0.29, 0.717) is 22.1 Å². The summed E-state index contributed by atoms with van der Waals surface area (Å²) in [6.45, 7) is 4.28. The maximum absolute atomic E-state index is 12.7. The van der Waals surface area contributed by atoms with Gasteiger partial charge in [0.05, 0.1) is 7.11 Å². The summed E-state index contributed by atoms with van der Waals surface area (Å²) in [5.41, 5.74) is 4.31. The number of aryl methyl sites for hydroxylation is 1. The van der Waals surface area contributed by atoms with Crippen molar-refractivity contribution in [3.05, 3.63) is 87.9 Å². The average Bonchev–Trinajstić information content (AvgIpc) is 2.70. The molecule has 144 valence electrons. The monoisotopic (exact) mass is 395 g/mol. The van der Waals surface area contributed by atoms with Gasteiger partial charge in [0, 0.05) is 21.8 Å². The number of hydrogen-bond donors (Lipinski definition) is 1. The molecule has 0 bridgehead atoms. The first-order valence-electron chi connectivity index (χ1n) is 8.91. The lowest BCUT2D eigenvalue weighted by Gasteiger charge is -2.14. The smallest absolute Gasteiger partial charge is 0.255 e. The van der Waals surface area contributed by atoms with E-state index in [-0.39, 0.29) is 12.5 Å². The maximum atomic E-state index is 12.7. The van der Waals surface area contributed by atoms with Crippen LogP contribution in [0.1, 0.15) is 27.0 Å². The molecule has 4 nitrogen and oxygen atoms in total. The number of hydrogen-bond acceptors (Lipinski definition) is 3. The van der Waals surface area contributed by atoms with Crippen molar-refractivity contribution in [3.63, 3.8) is 0 Å². The fourth-order valence-corrected chi connectivity index (χ4v) is 2.93. The third-order valence-electron chi connectivity index (χ3n) is 4.60. The SMILES string of the molecule is COc1ccc(C(=O)Nc2cccc(C)c2C)cc1COc1ccc(Cl)cc1. The molecule has 5 heteroatoms. The summed E-state index contributed by atoms with van der Waals surface area (Å²) in [5.74, 6) is 1.18. The number of amides is 1. The molecular formula is C23H22ClNO3. The highest BCUT2D eigenvalue weighted by atomic mass is 35.5. The molecule has 0 saturated carbocycles. The summed E-state index contributed by atoms with van der Waals surface area (Å²) in [6.07, 6.45) is 0. The van der Waals surface area contributed by atoms with Crippen LogP contribution >= 0.6 is 11.6 Å². The van der Waals surface area contributed by atoms with E-state index < -0.39 is 0 Å². The standard InChI is InChI=1S/C23H22ClNO3/c1-15-5-4-6-21(16(15)2)25-23(26)17-7-12-22(27-3)18(13-17)14-28-20-10-8-19(24)9-11-20/h4-13H,14H2,1-3H3,(H,25,26). The predicted molar refractivity (Wildman–Crippen MR) is 113 cm³/mol. The molecule has 0 aliphatic heterocycles. The number of carbonyl (C=O) groups is 1. The Labute approximate surface area is 170 Å². The Morgan fingerprint density at radius 1 is 1.04 bits per heavy atom. The van der Waals surface area contributed by atoms with Crippen LogP contribution in [0.5, 0.6) is 11.5 Å². The molecular weight excluding hydrogens is 374 g/mol. The fourth-order valence-electron chi connectivity index (χ4n) is 2.81. The number of methoxy groups -OCH3 is 1. The molecule has 0 aliphatic rings. The van der Waals surface area contributed by atoms with E-state index in [9.17, 15) is 4.79 Å². The Balaban J connectivity index is 1.78. The van der Waals surface area contributed by atoms with E-state index in [0.717, 1.165) is 22.4 Å². The van der Waals surface area contributed by atoms with Gasteiger partial charge in [-0.15, -0.1) is 0 Å². The topological polar surface area (TPSA) is 47.6 Å². The van der Waals surface area contributed by atoms with E-state index in [1.54, 1.807) is 49.6 Å². The van der Waals surface area contributed by atoms with Gasteiger partial charge in [0.25, 0.3) is 5.91 Å². The van der Waals surface area contributed by atoms with Gasteiger partial charge in [-0.25, -0.2) is 0 Å². The molecule has 0 fully saturated rings. The normalized spacial score (nSPS) is 10.4. The number of carbonyl (C=O) groups excluding carboxylic acids is 1. The van der Waals surface area contributed by atoms with Crippen molar-refractivity contribution in [1.29, 1.82) is 0 Å². The Morgan fingerprint density at radius 2 is 1.79 bits per heavy atom. The average molecular weight is 396 g/mol. The molecule has 0 saturated heterocycles. The van der Waals surface area contributed by atoms with E-state index in [1.165, 1.54) is 0 Å². The van der Waals surface area contributed by atoms with Gasteiger partial charge >= 0.3 is 0 Å². The number of rotatable bonds is 6. The second-order valence-corrected chi connectivity index (χ2v) is 6.91. The zero-order valence-corrected chi connectivity index (χ0v) is 16.8. The van der Waals surface area contributed by atoms with Gasteiger partial charge < -0.3 is 14.8 Å². The first-order chi connectivity index (χ1) is 13.5. The minimum absolute atomic E-state index is 0.177. The van der Waals surface area contributed by atoms with E-state index >= 15 is 0 Å². The lowest BCUT2D eigenvalue weighted by atomic mass is 10.1. The van der Waals surface area contributed by atoms with Crippen molar-refractivity contribution in [1.82, 2.24) is 0 Å².